The lowest BCUT2D eigenvalue weighted by Crippen LogP contribution is -1.99. The van der Waals surface area contributed by atoms with Crippen molar-refractivity contribution >= 4 is 5.82 Å². The molecule has 2 aromatic rings. The van der Waals surface area contributed by atoms with Gasteiger partial charge in [-0.3, -0.25) is 5.10 Å². The second-order valence-corrected chi connectivity index (χ2v) is 3.26. The van der Waals surface area contributed by atoms with Gasteiger partial charge in [0.2, 0.25) is 5.82 Å². The summed E-state index contributed by atoms with van der Waals surface area (Å²) < 4.78 is 44.7. The number of halogens is 3. The van der Waals surface area contributed by atoms with Crippen LogP contribution in [0.3, 0.4) is 0 Å². The van der Waals surface area contributed by atoms with Crippen LogP contribution in [-0.2, 0) is 0 Å². The van der Waals surface area contributed by atoms with Crippen molar-refractivity contribution in [2.45, 2.75) is 0 Å². The van der Waals surface area contributed by atoms with E-state index in [1.807, 2.05) is 0 Å². The molecule has 1 heterocycles. The monoisotopic (exact) mass is 243 g/mol. The standard InChI is InChI=1S/C10H8F3N3O/c1-17-9-7(12)4(2-6(11)8(9)13)5-3-15-16-10(5)14/h2-3H,1H3,(H3,14,15,16). The van der Waals surface area contributed by atoms with Crippen LogP contribution in [0.2, 0.25) is 0 Å². The zero-order chi connectivity index (χ0) is 12.6. The number of nitrogen functional groups attached to an aromatic ring is 1. The summed E-state index contributed by atoms with van der Waals surface area (Å²) in [6, 6.07) is 0.703. The van der Waals surface area contributed by atoms with E-state index in [1.165, 1.54) is 6.20 Å². The number of methoxy groups -OCH3 is 1. The Kier molecular flexibility index (Phi) is 2.66. The van der Waals surface area contributed by atoms with Crippen molar-refractivity contribution in [2.75, 3.05) is 12.8 Å². The van der Waals surface area contributed by atoms with Gasteiger partial charge in [-0.15, -0.1) is 0 Å². The first kappa shape index (κ1) is 11.3. The van der Waals surface area contributed by atoms with Crippen molar-refractivity contribution in [3.8, 4) is 16.9 Å². The molecule has 1 aromatic heterocycles. The van der Waals surface area contributed by atoms with E-state index in [0.717, 1.165) is 7.11 Å². The van der Waals surface area contributed by atoms with Gasteiger partial charge in [0.15, 0.2) is 17.4 Å². The number of ether oxygens (including phenoxy) is 1. The highest BCUT2D eigenvalue weighted by molar-refractivity contribution is 5.74. The zero-order valence-corrected chi connectivity index (χ0v) is 8.72. The third-order valence-electron chi connectivity index (χ3n) is 2.28. The van der Waals surface area contributed by atoms with Crippen molar-refractivity contribution in [2.24, 2.45) is 0 Å². The molecule has 0 fully saturated rings. The van der Waals surface area contributed by atoms with Gasteiger partial charge in [-0.05, 0) is 6.07 Å². The number of benzene rings is 1. The van der Waals surface area contributed by atoms with Gasteiger partial charge in [0.25, 0.3) is 0 Å². The number of rotatable bonds is 2. The summed E-state index contributed by atoms with van der Waals surface area (Å²) in [6.45, 7) is 0. The molecule has 7 heteroatoms. The Morgan fingerprint density at radius 3 is 2.47 bits per heavy atom. The quantitative estimate of drug-likeness (QED) is 0.794. The number of nitrogens with one attached hydrogen (secondary N) is 1. The zero-order valence-electron chi connectivity index (χ0n) is 8.72. The lowest BCUT2D eigenvalue weighted by molar-refractivity contribution is 0.347. The van der Waals surface area contributed by atoms with E-state index in [2.05, 4.69) is 14.9 Å². The Hall–Kier alpha value is -2.18. The third kappa shape index (κ3) is 1.69. The van der Waals surface area contributed by atoms with E-state index in [4.69, 9.17) is 5.73 Å². The maximum atomic E-state index is 13.8. The van der Waals surface area contributed by atoms with Crippen LogP contribution >= 0.6 is 0 Å². The number of anilines is 1. The van der Waals surface area contributed by atoms with Gasteiger partial charge in [0, 0.05) is 11.1 Å². The summed E-state index contributed by atoms with van der Waals surface area (Å²) in [5.74, 6) is -4.37. The Balaban J connectivity index is 2.72. The van der Waals surface area contributed by atoms with Crippen LogP contribution in [0.25, 0.3) is 11.1 Å². The molecular formula is C10H8F3N3O. The SMILES string of the molecule is COc1c(F)c(F)cc(-c2cn[nH]c2N)c1F. The Labute approximate surface area is 94.2 Å². The van der Waals surface area contributed by atoms with Gasteiger partial charge in [-0.2, -0.15) is 9.49 Å². The van der Waals surface area contributed by atoms with E-state index in [0.29, 0.717) is 6.07 Å². The Morgan fingerprint density at radius 2 is 1.94 bits per heavy atom. The van der Waals surface area contributed by atoms with Gasteiger partial charge in [0.1, 0.15) is 5.82 Å². The molecule has 0 unspecified atom stereocenters. The highest BCUT2D eigenvalue weighted by Gasteiger charge is 2.22. The molecular weight excluding hydrogens is 235 g/mol. The number of aromatic amines is 1. The molecule has 0 amide bonds. The van der Waals surface area contributed by atoms with Crippen LogP contribution < -0.4 is 10.5 Å². The summed E-state index contributed by atoms with van der Waals surface area (Å²) in [6.07, 6.45) is 1.21. The van der Waals surface area contributed by atoms with Crippen LogP contribution in [0.1, 0.15) is 0 Å². The van der Waals surface area contributed by atoms with Crippen molar-refractivity contribution < 1.29 is 17.9 Å². The fourth-order valence-electron chi connectivity index (χ4n) is 1.47. The molecule has 0 saturated heterocycles. The van der Waals surface area contributed by atoms with E-state index in [-0.39, 0.29) is 16.9 Å². The average Bonchev–Trinajstić information content (AvgIpc) is 2.71. The average molecular weight is 243 g/mol. The lowest BCUT2D eigenvalue weighted by Gasteiger charge is -2.08. The van der Waals surface area contributed by atoms with Crippen LogP contribution in [0.5, 0.6) is 5.75 Å². The molecule has 0 saturated carbocycles. The minimum Gasteiger partial charge on any atom is -0.491 e. The molecule has 0 atom stereocenters. The molecule has 17 heavy (non-hydrogen) atoms. The predicted molar refractivity (Wildman–Crippen MR) is 54.9 cm³/mol. The summed E-state index contributed by atoms with van der Waals surface area (Å²) in [4.78, 5) is 0. The lowest BCUT2D eigenvalue weighted by atomic mass is 10.1. The fraction of sp³-hybridized carbons (Fsp3) is 0.100. The topological polar surface area (TPSA) is 63.9 Å². The molecule has 90 valence electrons. The Morgan fingerprint density at radius 1 is 1.24 bits per heavy atom. The number of H-pyrrole nitrogens is 1. The van der Waals surface area contributed by atoms with Gasteiger partial charge in [-0.1, -0.05) is 0 Å². The van der Waals surface area contributed by atoms with Crippen LogP contribution in [-0.4, -0.2) is 17.3 Å². The van der Waals surface area contributed by atoms with Gasteiger partial charge in [0.05, 0.1) is 13.3 Å². The maximum absolute atomic E-state index is 13.8. The van der Waals surface area contributed by atoms with E-state index in [9.17, 15) is 13.2 Å². The first-order valence-electron chi connectivity index (χ1n) is 4.57. The molecule has 1 aromatic carbocycles. The predicted octanol–water partition coefficient (Wildman–Crippen LogP) is 2.08. The van der Waals surface area contributed by atoms with Crippen molar-refractivity contribution in [3.63, 3.8) is 0 Å². The van der Waals surface area contributed by atoms with E-state index < -0.39 is 23.2 Å². The van der Waals surface area contributed by atoms with Crippen molar-refractivity contribution in [3.05, 3.63) is 29.7 Å². The third-order valence-corrected chi connectivity index (χ3v) is 2.28. The molecule has 2 rings (SSSR count). The largest absolute Gasteiger partial charge is 0.491 e. The van der Waals surface area contributed by atoms with Gasteiger partial charge < -0.3 is 10.5 Å². The minimum absolute atomic E-state index is 0.0527. The van der Waals surface area contributed by atoms with Crippen LogP contribution in [0.4, 0.5) is 19.0 Å². The molecule has 0 aliphatic heterocycles. The highest BCUT2D eigenvalue weighted by atomic mass is 19.2. The van der Waals surface area contributed by atoms with Gasteiger partial charge >= 0.3 is 0 Å². The number of nitrogens with zero attached hydrogens (tertiary/aromatic N) is 1. The van der Waals surface area contributed by atoms with E-state index >= 15 is 0 Å². The first-order chi connectivity index (χ1) is 8.06. The number of aromatic nitrogens is 2. The Bertz CT molecular complexity index is 568. The number of hydrogen-bond acceptors (Lipinski definition) is 3. The van der Waals surface area contributed by atoms with Crippen molar-refractivity contribution in [1.82, 2.24) is 10.2 Å². The highest BCUT2D eigenvalue weighted by Crippen LogP contribution is 2.34. The molecule has 0 radical (unpaired) electrons. The van der Waals surface area contributed by atoms with Crippen LogP contribution in [0, 0.1) is 17.5 Å². The first-order valence-corrected chi connectivity index (χ1v) is 4.57. The summed E-state index contributed by atoms with van der Waals surface area (Å²) in [5, 5.41) is 5.94. The molecule has 0 spiro atoms. The molecule has 4 nitrogen and oxygen atoms in total. The summed E-state index contributed by atoms with van der Waals surface area (Å²) >= 11 is 0. The van der Waals surface area contributed by atoms with Crippen molar-refractivity contribution in [1.29, 1.82) is 0 Å². The minimum atomic E-state index is -1.38. The fourth-order valence-corrected chi connectivity index (χ4v) is 1.47. The smallest absolute Gasteiger partial charge is 0.203 e. The molecule has 0 bridgehead atoms. The molecule has 0 aliphatic rings. The summed E-state index contributed by atoms with van der Waals surface area (Å²) in [5.41, 5.74) is 5.40. The molecule has 3 N–H and O–H groups in total. The van der Waals surface area contributed by atoms with Crippen LogP contribution in [0.15, 0.2) is 12.3 Å². The van der Waals surface area contributed by atoms with Gasteiger partial charge in [-0.25, -0.2) is 8.78 Å². The van der Waals surface area contributed by atoms with E-state index in [1.54, 1.807) is 0 Å². The molecule has 0 aliphatic carbocycles. The number of nitrogens with two attached hydrogens (primary N) is 1. The summed E-state index contributed by atoms with van der Waals surface area (Å²) in [7, 11) is 1.05. The maximum Gasteiger partial charge on any atom is 0.203 e. The normalized spacial score (nSPS) is 10.6. The second-order valence-electron chi connectivity index (χ2n) is 3.26. The number of hydrogen-bond donors (Lipinski definition) is 2. The second kappa shape index (κ2) is 4.00.